The molecule has 1 heterocycles. The van der Waals surface area contributed by atoms with Gasteiger partial charge in [0.05, 0.1) is 12.6 Å². The fourth-order valence-electron chi connectivity index (χ4n) is 1.82. The lowest BCUT2D eigenvalue weighted by molar-refractivity contribution is -0.127. The van der Waals surface area contributed by atoms with Crippen molar-refractivity contribution >= 4 is 5.78 Å². The van der Waals surface area contributed by atoms with Crippen LogP contribution in [0.5, 0.6) is 0 Å². The first-order chi connectivity index (χ1) is 7.43. The number of ether oxygens (including phenoxy) is 1. The summed E-state index contributed by atoms with van der Waals surface area (Å²) in [5.74, 6) is 0.312. The molecule has 1 saturated heterocycles. The summed E-state index contributed by atoms with van der Waals surface area (Å²) in [6.07, 6.45) is 2.64. The van der Waals surface area contributed by atoms with Crippen molar-refractivity contribution in [1.29, 1.82) is 0 Å². The zero-order valence-electron chi connectivity index (χ0n) is 11.1. The number of ketones is 1. The number of nitrogens with zero attached hydrogens (tertiary/aromatic N) is 1. The van der Waals surface area contributed by atoms with Gasteiger partial charge in [-0.2, -0.15) is 0 Å². The number of carbonyl (C=O) groups is 1. The summed E-state index contributed by atoms with van der Waals surface area (Å²) in [6, 6.07) is 0. The Bertz CT molecular complexity index is 227. The van der Waals surface area contributed by atoms with E-state index in [1.165, 1.54) is 0 Å². The van der Waals surface area contributed by atoms with Crippen LogP contribution in [0.3, 0.4) is 0 Å². The van der Waals surface area contributed by atoms with E-state index in [9.17, 15) is 4.79 Å². The van der Waals surface area contributed by atoms with Crippen LogP contribution >= 0.6 is 0 Å². The molecule has 0 bridgehead atoms. The van der Waals surface area contributed by atoms with Crippen molar-refractivity contribution in [1.82, 2.24) is 4.90 Å². The Balaban J connectivity index is 2.39. The maximum atomic E-state index is 11.9. The van der Waals surface area contributed by atoms with E-state index in [0.29, 0.717) is 18.4 Å². The van der Waals surface area contributed by atoms with E-state index >= 15 is 0 Å². The van der Waals surface area contributed by atoms with Crippen molar-refractivity contribution in [3.63, 3.8) is 0 Å². The Hall–Kier alpha value is -0.410. The average Bonchev–Trinajstić information content (AvgIpc) is 2.67. The van der Waals surface area contributed by atoms with Gasteiger partial charge in [0.15, 0.2) is 5.78 Å². The fourth-order valence-corrected chi connectivity index (χ4v) is 1.82. The molecular formula is C13H25NO2. The third-order valence-corrected chi connectivity index (χ3v) is 3.14. The van der Waals surface area contributed by atoms with Gasteiger partial charge in [-0.25, -0.2) is 0 Å². The van der Waals surface area contributed by atoms with Crippen molar-refractivity contribution in [3.8, 4) is 0 Å². The second-order valence-electron chi connectivity index (χ2n) is 5.64. The average molecular weight is 227 g/mol. The molecule has 0 amide bonds. The second-order valence-corrected chi connectivity index (χ2v) is 5.64. The standard InChI is InChI=1S/C13H25NO2/c1-5-14(9-11-7-6-8-16-11)10-12(15)13(2,3)4/h11H,5-10H2,1-4H3. The van der Waals surface area contributed by atoms with Gasteiger partial charge in [-0.05, 0) is 19.4 Å². The van der Waals surface area contributed by atoms with Gasteiger partial charge < -0.3 is 4.74 Å². The van der Waals surface area contributed by atoms with Gasteiger partial charge in [0.25, 0.3) is 0 Å². The summed E-state index contributed by atoms with van der Waals surface area (Å²) < 4.78 is 5.60. The molecule has 3 heteroatoms. The van der Waals surface area contributed by atoms with Crippen LogP contribution < -0.4 is 0 Å². The van der Waals surface area contributed by atoms with Crippen LogP contribution in [0.4, 0.5) is 0 Å². The number of hydrogen-bond acceptors (Lipinski definition) is 3. The summed E-state index contributed by atoms with van der Waals surface area (Å²) in [5, 5.41) is 0. The maximum Gasteiger partial charge on any atom is 0.152 e. The van der Waals surface area contributed by atoms with E-state index in [2.05, 4.69) is 11.8 Å². The van der Waals surface area contributed by atoms with E-state index in [1.807, 2.05) is 20.8 Å². The summed E-state index contributed by atoms with van der Waals surface area (Å²) in [6.45, 7) is 11.3. The molecule has 0 aromatic heterocycles. The van der Waals surface area contributed by atoms with Crippen molar-refractivity contribution in [2.24, 2.45) is 5.41 Å². The third kappa shape index (κ3) is 4.22. The van der Waals surface area contributed by atoms with E-state index in [0.717, 1.165) is 32.5 Å². The van der Waals surface area contributed by atoms with Gasteiger partial charge in [-0.3, -0.25) is 9.69 Å². The smallest absolute Gasteiger partial charge is 0.152 e. The molecule has 1 fully saturated rings. The molecular weight excluding hydrogens is 202 g/mol. The molecule has 0 aromatic rings. The summed E-state index contributed by atoms with van der Waals surface area (Å²) >= 11 is 0. The molecule has 16 heavy (non-hydrogen) atoms. The van der Waals surface area contributed by atoms with Crippen LogP contribution in [0.2, 0.25) is 0 Å². The monoisotopic (exact) mass is 227 g/mol. The van der Waals surface area contributed by atoms with E-state index in [1.54, 1.807) is 0 Å². The van der Waals surface area contributed by atoms with E-state index in [-0.39, 0.29) is 5.41 Å². The van der Waals surface area contributed by atoms with Gasteiger partial charge in [0.2, 0.25) is 0 Å². The number of rotatable bonds is 5. The lowest BCUT2D eigenvalue weighted by atomic mass is 9.90. The zero-order chi connectivity index (χ0) is 12.2. The summed E-state index contributed by atoms with van der Waals surface area (Å²) in [7, 11) is 0. The number of hydrogen-bond donors (Lipinski definition) is 0. The highest BCUT2D eigenvalue weighted by molar-refractivity contribution is 5.85. The van der Waals surface area contributed by atoms with E-state index in [4.69, 9.17) is 4.74 Å². The highest BCUT2D eigenvalue weighted by Crippen LogP contribution is 2.17. The molecule has 94 valence electrons. The van der Waals surface area contributed by atoms with Crippen molar-refractivity contribution < 1.29 is 9.53 Å². The van der Waals surface area contributed by atoms with Crippen LogP contribution in [0.1, 0.15) is 40.5 Å². The number of Topliss-reactive ketones (excluding diaryl/α,β-unsaturated/α-hetero) is 1. The summed E-state index contributed by atoms with van der Waals surface area (Å²) in [4.78, 5) is 14.1. The van der Waals surface area contributed by atoms with Crippen LogP contribution in [-0.2, 0) is 9.53 Å². The summed E-state index contributed by atoms with van der Waals surface area (Å²) in [5.41, 5.74) is -0.232. The zero-order valence-corrected chi connectivity index (χ0v) is 11.1. The molecule has 0 radical (unpaired) electrons. The van der Waals surface area contributed by atoms with Crippen molar-refractivity contribution in [2.45, 2.75) is 46.6 Å². The Labute approximate surface area is 99.1 Å². The largest absolute Gasteiger partial charge is 0.377 e. The van der Waals surface area contributed by atoms with Gasteiger partial charge in [0, 0.05) is 18.6 Å². The molecule has 0 spiro atoms. The highest BCUT2D eigenvalue weighted by Gasteiger charge is 2.25. The first-order valence-electron chi connectivity index (χ1n) is 6.30. The molecule has 0 aromatic carbocycles. The Morgan fingerprint density at radius 2 is 2.12 bits per heavy atom. The normalized spacial score (nSPS) is 21.7. The van der Waals surface area contributed by atoms with Crippen molar-refractivity contribution in [2.75, 3.05) is 26.2 Å². The third-order valence-electron chi connectivity index (χ3n) is 3.14. The predicted octanol–water partition coefficient (Wildman–Crippen LogP) is 2.10. The van der Waals surface area contributed by atoms with Crippen molar-refractivity contribution in [3.05, 3.63) is 0 Å². The quantitative estimate of drug-likeness (QED) is 0.720. The second kappa shape index (κ2) is 5.78. The van der Waals surface area contributed by atoms with Gasteiger partial charge in [0.1, 0.15) is 0 Å². The first kappa shape index (κ1) is 13.7. The SMILES string of the molecule is CCN(CC(=O)C(C)(C)C)CC1CCCO1. The minimum Gasteiger partial charge on any atom is -0.377 e. The molecule has 0 N–H and O–H groups in total. The lowest BCUT2D eigenvalue weighted by Crippen LogP contribution is -2.39. The van der Waals surface area contributed by atoms with E-state index < -0.39 is 0 Å². The molecule has 1 aliphatic rings. The van der Waals surface area contributed by atoms with Gasteiger partial charge in [-0.1, -0.05) is 27.7 Å². The molecule has 1 atom stereocenters. The molecule has 0 aliphatic carbocycles. The molecule has 3 nitrogen and oxygen atoms in total. The Morgan fingerprint density at radius 3 is 2.56 bits per heavy atom. The minimum absolute atomic E-state index is 0.232. The lowest BCUT2D eigenvalue weighted by Gasteiger charge is -2.26. The number of carbonyl (C=O) groups excluding carboxylic acids is 1. The molecule has 1 unspecified atom stereocenters. The predicted molar refractivity (Wildman–Crippen MR) is 65.6 cm³/mol. The van der Waals surface area contributed by atoms with Crippen LogP contribution in [-0.4, -0.2) is 43.0 Å². The molecule has 1 aliphatic heterocycles. The molecule has 0 saturated carbocycles. The number of likely N-dealkylation sites (N-methyl/N-ethyl adjacent to an activating group) is 1. The topological polar surface area (TPSA) is 29.5 Å². The molecule has 1 rings (SSSR count). The highest BCUT2D eigenvalue weighted by atomic mass is 16.5. The first-order valence-corrected chi connectivity index (χ1v) is 6.30. The fraction of sp³-hybridized carbons (Fsp3) is 0.923. The maximum absolute atomic E-state index is 11.9. The van der Waals surface area contributed by atoms with Gasteiger partial charge in [-0.15, -0.1) is 0 Å². The van der Waals surface area contributed by atoms with Crippen LogP contribution in [0.15, 0.2) is 0 Å². The minimum atomic E-state index is -0.232. The van der Waals surface area contributed by atoms with Crippen LogP contribution in [0.25, 0.3) is 0 Å². The Kier molecular flexibility index (Phi) is 4.93. The van der Waals surface area contributed by atoms with Gasteiger partial charge >= 0.3 is 0 Å². The van der Waals surface area contributed by atoms with Crippen LogP contribution in [0, 0.1) is 5.41 Å². The Morgan fingerprint density at radius 1 is 1.44 bits per heavy atom.